The first-order chi connectivity index (χ1) is 10.6. The molecule has 2 heterocycles. The van der Waals surface area contributed by atoms with Crippen molar-refractivity contribution in [1.29, 1.82) is 0 Å². The molecule has 22 heavy (non-hydrogen) atoms. The fourth-order valence-electron chi connectivity index (χ4n) is 2.69. The number of benzene rings is 1. The zero-order valence-corrected chi connectivity index (χ0v) is 12.9. The molecule has 3 rings (SSSR count). The molecular weight excluding hydrogens is 274 g/mol. The Morgan fingerprint density at radius 3 is 2.73 bits per heavy atom. The van der Waals surface area contributed by atoms with Crippen molar-refractivity contribution >= 4 is 16.8 Å². The molecule has 3 aromatic rings. The Kier molecular flexibility index (Phi) is 3.92. The second-order valence-corrected chi connectivity index (χ2v) is 5.53. The van der Waals surface area contributed by atoms with Crippen LogP contribution in [0.2, 0.25) is 0 Å². The van der Waals surface area contributed by atoms with E-state index < -0.39 is 0 Å². The maximum Gasteiger partial charge on any atom is 0.227 e. The van der Waals surface area contributed by atoms with Crippen molar-refractivity contribution in [1.82, 2.24) is 14.5 Å². The Labute approximate surface area is 130 Å². The van der Waals surface area contributed by atoms with Crippen LogP contribution in [-0.2, 0) is 24.8 Å². The summed E-state index contributed by atoms with van der Waals surface area (Å²) in [7, 11) is 3.83. The van der Waals surface area contributed by atoms with Crippen LogP contribution in [0.25, 0.3) is 10.9 Å². The van der Waals surface area contributed by atoms with Gasteiger partial charge >= 0.3 is 0 Å². The number of fused-ring (bicyclic) bond motifs is 1. The number of carbonyl (C=O) groups excluding carboxylic acids is 1. The average Bonchev–Trinajstić information content (AvgIpc) is 2.85. The van der Waals surface area contributed by atoms with E-state index in [1.807, 2.05) is 50.6 Å². The molecule has 0 bridgehead atoms. The van der Waals surface area contributed by atoms with Crippen molar-refractivity contribution < 1.29 is 4.79 Å². The predicted molar refractivity (Wildman–Crippen MR) is 87.3 cm³/mol. The van der Waals surface area contributed by atoms with Gasteiger partial charge in [0.2, 0.25) is 5.91 Å². The number of pyridine rings is 1. The lowest BCUT2D eigenvalue weighted by Gasteiger charge is -2.16. The Morgan fingerprint density at radius 2 is 1.95 bits per heavy atom. The molecule has 112 valence electrons. The number of para-hydroxylation sites is 1. The summed E-state index contributed by atoms with van der Waals surface area (Å²) in [6.07, 6.45) is 4.19. The summed E-state index contributed by atoms with van der Waals surface area (Å²) < 4.78 is 2.07. The molecule has 0 atom stereocenters. The first-order valence-corrected chi connectivity index (χ1v) is 7.32. The number of rotatable bonds is 4. The molecule has 0 N–H and O–H groups in total. The van der Waals surface area contributed by atoms with Gasteiger partial charge in [-0.1, -0.05) is 24.3 Å². The lowest BCUT2D eigenvalue weighted by Crippen LogP contribution is -2.28. The van der Waals surface area contributed by atoms with Gasteiger partial charge in [-0.25, -0.2) is 0 Å². The number of likely N-dealkylation sites (N-methyl/N-ethyl adjacent to an activating group) is 1. The standard InChI is InChI=1S/C18H19N3O/c1-20-12-14(16-8-3-4-9-17(16)20)11-18(22)21(2)13-15-7-5-6-10-19-15/h3-10,12H,11,13H2,1-2H3. The second-order valence-electron chi connectivity index (χ2n) is 5.53. The van der Waals surface area contributed by atoms with Crippen LogP contribution in [0.4, 0.5) is 0 Å². The maximum atomic E-state index is 12.5. The lowest BCUT2D eigenvalue weighted by molar-refractivity contribution is -0.129. The molecule has 4 heteroatoms. The van der Waals surface area contributed by atoms with E-state index in [1.54, 1.807) is 11.1 Å². The van der Waals surface area contributed by atoms with E-state index in [0.29, 0.717) is 13.0 Å². The number of hydrogen-bond donors (Lipinski definition) is 0. The van der Waals surface area contributed by atoms with Crippen LogP contribution in [0.15, 0.2) is 54.9 Å². The van der Waals surface area contributed by atoms with E-state index in [-0.39, 0.29) is 5.91 Å². The molecule has 1 amide bonds. The number of aromatic nitrogens is 2. The molecule has 0 radical (unpaired) electrons. The molecule has 2 aromatic heterocycles. The SMILES string of the molecule is CN(Cc1ccccn1)C(=O)Cc1cn(C)c2ccccc12. The Balaban J connectivity index is 1.75. The predicted octanol–water partition coefficient (Wildman–Crippen LogP) is 2.77. The van der Waals surface area contributed by atoms with E-state index in [4.69, 9.17) is 0 Å². The molecule has 4 nitrogen and oxygen atoms in total. The molecule has 0 unspecified atom stereocenters. The third-order valence-corrected chi connectivity index (χ3v) is 3.87. The molecule has 0 saturated heterocycles. The summed E-state index contributed by atoms with van der Waals surface area (Å²) in [5, 5.41) is 1.14. The molecular formula is C18H19N3O. The van der Waals surface area contributed by atoms with Gasteiger partial charge in [-0.15, -0.1) is 0 Å². The summed E-state index contributed by atoms with van der Waals surface area (Å²) in [6.45, 7) is 0.532. The van der Waals surface area contributed by atoms with Crippen molar-refractivity contribution in [3.8, 4) is 0 Å². The monoisotopic (exact) mass is 293 g/mol. The van der Waals surface area contributed by atoms with Gasteiger partial charge in [-0.3, -0.25) is 9.78 Å². The van der Waals surface area contributed by atoms with Gasteiger partial charge in [0.15, 0.2) is 0 Å². The van der Waals surface area contributed by atoms with Crippen LogP contribution in [0.5, 0.6) is 0 Å². The highest BCUT2D eigenvalue weighted by Gasteiger charge is 2.14. The normalized spacial score (nSPS) is 10.8. The van der Waals surface area contributed by atoms with Crippen LogP contribution in [-0.4, -0.2) is 27.4 Å². The van der Waals surface area contributed by atoms with Crippen molar-refractivity contribution in [2.45, 2.75) is 13.0 Å². The number of aryl methyl sites for hydroxylation is 1. The fourth-order valence-corrected chi connectivity index (χ4v) is 2.69. The minimum absolute atomic E-state index is 0.0991. The summed E-state index contributed by atoms with van der Waals surface area (Å²) in [5.41, 5.74) is 3.12. The van der Waals surface area contributed by atoms with Gasteiger partial charge in [-0.2, -0.15) is 0 Å². The number of hydrogen-bond acceptors (Lipinski definition) is 2. The molecule has 0 spiro atoms. The minimum atomic E-state index is 0.0991. The lowest BCUT2D eigenvalue weighted by atomic mass is 10.1. The molecule has 0 aliphatic heterocycles. The molecule has 0 aliphatic carbocycles. The topological polar surface area (TPSA) is 38.1 Å². The largest absolute Gasteiger partial charge is 0.350 e. The highest BCUT2D eigenvalue weighted by molar-refractivity contribution is 5.89. The van der Waals surface area contributed by atoms with Crippen molar-refractivity contribution in [3.05, 3.63) is 66.1 Å². The van der Waals surface area contributed by atoms with Crippen molar-refractivity contribution in [3.63, 3.8) is 0 Å². The Bertz CT molecular complexity index is 792. The van der Waals surface area contributed by atoms with E-state index in [2.05, 4.69) is 21.7 Å². The van der Waals surface area contributed by atoms with Crippen LogP contribution in [0.1, 0.15) is 11.3 Å². The van der Waals surface area contributed by atoms with Crippen LogP contribution in [0.3, 0.4) is 0 Å². The van der Waals surface area contributed by atoms with Crippen LogP contribution in [0, 0.1) is 0 Å². The first kappa shape index (κ1) is 14.3. The average molecular weight is 293 g/mol. The van der Waals surface area contributed by atoms with E-state index in [9.17, 15) is 4.79 Å². The Hall–Kier alpha value is -2.62. The van der Waals surface area contributed by atoms with Crippen LogP contribution >= 0.6 is 0 Å². The summed E-state index contributed by atoms with van der Waals surface area (Å²) >= 11 is 0. The second kappa shape index (κ2) is 6.02. The smallest absolute Gasteiger partial charge is 0.227 e. The van der Waals surface area contributed by atoms with Gasteiger partial charge in [0.25, 0.3) is 0 Å². The maximum absolute atomic E-state index is 12.5. The van der Waals surface area contributed by atoms with E-state index >= 15 is 0 Å². The molecule has 0 fully saturated rings. The van der Waals surface area contributed by atoms with Crippen LogP contribution < -0.4 is 0 Å². The summed E-state index contributed by atoms with van der Waals surface area (Å²) in [6, 6.07) is 13.9. The summed E-state index contributed by atoms with van der Waals surface area (Å²) in [4.78, 5) is 18.4. The molecule has 0 saturated carbocycles. The van der Waals surface area contributed by atoms with Gasteiger partial charge in [0.1, 0.15) is 0 Å². The summed E-state index contributed by atoms with van der Waals surface area (Å²) in [5.74, 6) is 0.0991. The van der Waals surface area contributed by atoms with Crippen molar-refractivity contribution in [2.24, 2.45) is 7.05 Å². The quantitative estimate of drug-likeness (QED) is 0.742. The van der Waals surface area contributed by atoms with E-state index in [1.165, 1.54) is 0 Å². The first-order valence-electron chi connectivity index (χ1n) is 7.32. The van der Waals surface area contributed by atoms with Gasteiger partial charge in [0.05, 0.1) is 18.7 Å². The number of carbonyl (C=O) groups is 1. The molecule has 1 aromatic carbocycles. The van der Waals surface area contributed by atoms with E-state index in [0.717, 1.165) is 22.2 Å². The minimum Gasteiger partial charge on any atom is -0.350 e. The fraction of sp³-hybridized carbons (Fsp3) is 0.222. The molecule has 0 aliphatic rings. The number of amides is 1. The number of nitrogens with zero attached hydrogens (tertiary/aromatic N) is 3. The third kappa shape index (κ3) is 2.86. The zero-order chi connectivity index (χ0) is 15.5. The highest BCUT2D eigenvalue weighted by atomic mass is 16.2. The van der Waals surface area contributed by atoms with Crippen molar-refractivity contribution in [2.75, 3.05) is 7.05 Å². The third-order valence-electron chi connectivity index (χ3n) is 3.87. The zero-order valence-electron chi connectivity index (χ0n) is 12.9. The van der Waals surface area contributed by atoms with Gasteiger partial charge < -0.3 is 9.47 Å². The van der Waals surface area contributed by atoms with Gasteiger partial charge in [-0.05, 0) is 23.8 Å². The Morgan fingerprint density at radius 1 is 1.18 bits per heavy atom. The highest BCUT2D eigenvalue weighted by Crippen LogP contribution is 2.21. The van der Waals surface area contributed by atoms with Gasteiger partial charge in [0, 0.05) is 37.4 Å².